The zero-order chi connectivity index (χ0) is 22.8. The van der Waals surface area contributed by atoms with E-state index in [1.54, 1.807) is 23.1 Å². The Hall–Kier alpha value is -2.53. The van der Waals surface area contributed by atoms with Crippen LogP contribution in [0, 0.1) is 13.8 Å². The monoisotopic (exact) mass is 444 g/mol. The first-order chi connectivity index (χ1) is 14.8. The molecule has 1 unspecified atom stereocenters. The number of halogens is 1. The number of carbonyl (C=O) groups is 2. The summed E-state index contributed by atoms with van der Waals surface area (Å²) in [6, 6.07) is 12.7. The Morgan fingerprint density at radius 1 is 1.13 bits per heavy atom. The molecule has 1 atom stereocenters. The molecule has 0 aliphatic carbocycles. The van der Waals surface area contributed by atoms with Gasteiger partial charge in [-0.05, 0) is 56.0 Å². The molecule has 0 aliphatic heterocycles. The van der Waals surface area contributed by atoms with Crippen molar-refractivity contribution in [2.75, 3.05) is 13.2 Å². The summed E-state index contributed by atoms with van der Waals surface area (Å²) < 4.78 is 5.74. The lowest BCUT2D eigenvalue weighted by Crippen LogP contribution is -2.50. The van der Waals surface area contributed by atoms with Crippen LogP contribution >= 0.6 is 11.6 Å². The first-order valence-electron chi connectivity index (χ1n) is 10.9. The second-order valence-electron chi connectivity index (χ2n) is 7.78. The fourth-order valence-electron chi connectivity index (χ4n) is 3.37. The minimum Gasteiger partial charge on any atom is -0.484 e. The van der Waals surface area contributed by atoms with E-state index in [2.05, 4.69) is 12.2 Å². The molecule has 31 heavy (non-hydrogen) atoms. The molecule has 168 valence electrons. The number of aryl methyl sites for hydroxylation is 2. The summed E-state index contributed by atoms with van der Waals surface area (Å²) in [5, 5.41) is 3.61. The molecular formula is C25H33ClN2O3. The highest BCUT2D eigenvalue weighted by Gasteiger charge is 2.28. The second kappa shape index (κ2) is 12.4. The molecule has 0 aromatic heterocycles. The Labute approximate surface area is 190 Å². The Bertz CT molecular complexity index is 885. The highest BCUT2D eigenvalue weighted by Crippen LogP contribution is 2.21. The number of unbranched alkanes of at least 4 members (excludes halogenated alkanes) is 1. The van der Waals surface area contributed by atoms with Crippen LogP contribution in [0.4, 0.5) is 0 Å². The van der Waals surface area contributed by atoms with Gasteiger partial charge in [0.1, 0.15) is 11.8 Å². The average molecular weight is 445 g/mol. The normalized spacial score (nSPS) is 11.6. The summed E-state index contributed by atoms with van der Waals surface area (Å²) in [7, 11) is 0. The molecule has 0 saturated carbocycles. The van der Waals surface area contributed by atoms with Crippen molar-refractivity contribution in [1.29, 1.82) is 0 Å². The first kappa shape index (κ1) is 24.7. The second-order valence-corrected chi connectivity index (χ2v) is 8.19. The van der Waals surface area contributed by atoms with Gasteiger partial charge in [-0.25, -0.2) is 0 Å². The van der Waals surface area contributed by atoms with Gasteiger partial charge in [0.25, 0.3) is 5.91 Å². The lowest BCUT2D eigenvalue weighted by Gasteiger charge is -2.30. The number of rotatable bonds is 11. The van der Waals surface area contributed by atoms with E-state index in [4.69, 9.17) is 16.3 Å². The topological polar surface area (TPSA) is 58.6 Å². The van der Waals surface area contributed by atoms with E-state index < -0.39 is 6.04 Å². The Balaban J connectivity index is 2.18. The number of benzene rings is 2. The van der Waals surface area contributed by atoms with Crippen molar-refractivity contribution in [3.63, 3.8) is 0 Å². The third-order valence-electron chi connectivity index (χ3n) is 5.14. The predicted molar refractivity (Wildman–Crippen MR) is 125 cm³/mol. The first-order valence-corrected chi connectivity index (χ1v) is 11.2. The molecule has 0 fully saturated rings. The van der Waals surface area contributed by atoms with Gasteiger partial charge in [-0.15, -0.1) is 0 Å². The van der Waals surface area contributed by atoms with Crippen LogP contribution < -0.4 is 10.1 Å². The Kier molecular flexibility index (Phi) is 9.86. The maximum atomic E-state index is 13.2. The van der Waals surface area contributed by atoms with Gasteiger partial charge in [-0.1, -0.05) is 61.7 Å². The largest absolute Gasteiger partial charge is 0.484 e. The van der Waals surface area contributed by atoms with Gasteiger partial charge in [0.2, 0.25) is 5.91 Å². The van der Waals surface area contributed by atoms with Crippen molar-refractivity contribution in [3.8, 4) is 5.75 Å². The molecule has 2 aromatic rings. The van der Waals surface area contributed by atoms with Gasteiger partial charge < -0.3 is 15.0 Å². The highest BCUT2D eigenvalue weighted by molar-refractivity contribution is 6.31. The fraction of sp³-hybridized carbons (Fsp3) is 0.440. The molecule has 2 rings (SSSR count). The van der Waals surface area contributed by atoms with E-state index in [0.29, 0.717) is 30.3 Å². The van der Waals surface area contributed by atoms with Crippen LogP contribution in [-0.2, 0) is 16.1 Å². The van der Waals surface area contributed by atoms with Crippen LogP contribution in [0.1, 0.15) is 49.8 Å². The third-order valence-corrected chi connectivity index (χ3v) is 5.57. The predicted octanol–water partition coefficient (Wildman–Crippen LogP) is 5.06. The van der Waals surface area contributed by atoms with E-state index in [-0.39, 0.29) is 18.4 Å². The van der Waals surface area contributed by atoms with Gasteiger partial charge >= 0.3 is 0 Å². The van der Waals surface area contributed by atoms with Crippen LogP contribution in [0.3, 0.4) is 0 Å². The Morgan fingerprint density at radius 2 is 1.90 bits per heavy atom. The Morgan fingerprint density at radius 3 is 2.55 bits per heavy atom. The summed E-state index contributed by atoms with van der Waals surface area (Å²) in [6.07, 6.45) is 2.43. The molecule has 6 heteroatoms. The maximum absolute atomic E-state index is 13.2. The summed E-state index contributed by atoms with van der Waals surface area (Å²) in [5.74, 6) is 0.220. The van der Waals surface area contributed by atoms with Crippen LogP contribution in [0.5, 0.6) is 5.75 Å². The van der Waals surface area contributed by atoms with Crippen molar-refractivity contribution < 1.29 is 14.3 Å². The number of hydrogen-bond acceptors (Lipinski definition) is 3. The van der Waals surface area contributed by atoms with Crippen LogP contribution in [0.15, 0.2) is 42.5 Å². The van der Waals surface area contributed by atoms with Crippen molar-refractivity contribution in [1.82, 2.24) is 10.2 Å². The van der Waals surface area contributed by atoms with Gasteiger partial charge in [-0.3, -0.25) is 9.59 Å². The molecule has 2 aromatic carbocycles. The zero-order valence-corrected chi connectivity index (χ0v) is 19.7. The van der Waals surface area contributed by atoms with Gasteiger partial charge in [-0.2, -0.15) is 0 Å². The number of nitrogens with zero attached hydrogens (tertiary/aromatic N) is 1. The van der Waals surface area contributed by atoms with E-state index >= 15 is 0 Å². The maximum Gasteiger partial charge on any atom is 0.261 e. The molecule has 0 bridgehead atoms. The SMILES string of the molecule is CCCCNC(=O)C(CC)N(Cc1cccc(C)c1)C(=O)COc1ccc(Cl)c(C)c1. The number of ether oxygens (including phenoxy) is 1. The molecule has 0 spiro atoms. The van der Waals surface area contributed by atoms with Gasteiger partial charge in [0.05, 0.1) is 0 Å². The van der Waals surface area contributed by atoms with E-state index in [1.165, 1.54) is 0 Å². The van der Waals surface area contributed by atoms with Crippen molar-refractivity contribution >= 4 is 23.4 Å². The molecule has 1 N–H and O–H groups in total. The van der Waals surface area contributed by atoms with E-state index in [0.717, 1.165) is 29.5 Å². The molecular weight excluding hydrogens is 412 g/mol. The number of hydrogen-bond donors (Lipinski definition) is 1. The van der Waals surface area contributed by atoms with E-state index in [1.807, 2.05) is 45.0 Å². The summed E-state index contributed by atoms with van der Waals surface area (Å²) in [6.45, 7) is 8.70. The molecule has 2 amide bonds. The van der Waals surface area contributed by atoms with Crippen molar-refractivity contribution in [3.05, 3.63) is 64.2 Å². The molecule has 0 saturated heterocycles. The molecule has 0 aliphatic rings. The van der Waals surface area contributed by atoms with Gasteiger partial charge in [0.15, 0.2) is 6.61 Å². The van der Waals surface area contributed by atoms with Crippen LogP contribution in [0.2, 0.25) is 5.02 Å². The molecule has 5 nitrogen and oxygen atoms in total. The summed E-state index contributed by atoms with van der Waals surface area (Å²) >= 11 is 6.07. The lowest BCUT2D eigenvalue weighted by molar-refractivity contribution is -0.143. The number of amides is 2. The smallest absolute Gasteiger partial charge is 0.261 e. The quantitative estimate of drug-likeness (QED) is 0.493. The van der Waals surface area contributed by atoms with Crippen molar-refractivity contribution in [2.45, 2.75) is 59.5 Å². The van der Waals surface area contributed by atoms with Crippen molar-refractivity contribution in [2.24, 2.45) is 0 Å². The fourth-order valence-corrected chi connectivity index (χ4v) is 3.49. The summed E-state index contributed by atoms with van der Waals surface area (Å²) in [5.41, 5.74) is 2.97. The zero-order valence-electron chi connectivity index (χ0n) is 18.9. The van der Waals surface area contributed by atoms with Gasteiger partial charge in [0, 0.05) is 18.1 Å². The standard InChI is InChI=1S/C25H33ClN2O3/c1-5-7-13-27-25(30)23(6-2)28(16-20-10-8-9-18(3)14-20)24(29)17-31-21-11-12-22(26)19(4)15-21/h8-12,14-15,23H,5-7,13,16-17H2,1-4H3,(H,27,30). The third kappa shape index (κ3) is 7.59. The molecule has 0 radical (unpaired) electrons. The number of carbonyl (C=O) groups excluding carboxylic acids is 2. The lowest BCUT2D eigenvalue weighted by atomic mass is 10.1. The van der Waals surface area contributed by atoms with Crippen LogP contribution in [-0.4, -0.2) is 35.9 Å². The minimum absolute atomic E-state index is 0.126. The minimum atomic E-state index is -0.555. The highest BCUT2D eigenvalue weighted by atomic mass is 35.5. The summed E-state index contributed by atoms with van der Waals surface area (Å²) in [4.78, 5) is 27.7. The number of nitrogens with one attached hydrogen (secondary N) is 1. The average Bonchev–Trinajstić information content (AvgIpc) is 2.74. The van der Waals surface area contributed by atoms with E-state index in [9.17, 15) is 9.59 Å². The molecule has 0 heterocycles. The van der Waals surface area contributed by atoms with Crippen LogP contribution in [0.25, 0.3) is 0 Å².